The molecule has 0 amide bonds. The number of hydrogen-bond acceptors (Lipinski definition) is 3. The van der Waals surface area contributed by atoms with Crippen molar-refractivity contribution in [2.24, 2.45) is 0 Å². The summed E-state index contributed by atoms with van der Waals surface area (Å²) in [5.74, 6) is 2.19. The molecule has 3 aromatic rings. The smallest absolute Gasteiger partial charge is 0.118 e. The van der Waals surface area contributed by atoms with Gasteiger partial charge < -0.3 is 9.47 Å². The van der Waals surface area contributed by atoms with Crippen LogP contribution in [0.2, 0.25) is 0 Å². The highest BCUT2D eigenvalue weighted by Gasteiger charge is 2.29. The Morgan fingerprint density at radius 1 is 0.929 bits per heavy atom. The fourth-order valence-corrected chi connectivity index (χ4v) is 4.35. The molecular formula is C25H27NO2. The molecule has 1 unspecified atom stereocenters. The molecule has 0 saturated carbocycles. The van der Waals surface area contributed by atoms with Gasteiger partial charge in [-0.2, -0.15) is 0 Å². The molecule has 1 aliphatic carbocycles. The number of pyridine rings is 1. The lowest BCUT2D eigenvalue weighted by atomic mass is 9.86. The summed E-state index contributed by atoms with van der Waals surface area (Å²) in [6.45, 7) is 2.25. The summed E-state index contributed by atoms with van der Waals surface area (Å²) in [5, 5.41) is 0. The van der Waals surface area contributed by atoms with Gasteiger partial charge in [-0.1, -0.05) is 37.6 Å². The summed E-state index contributed by atoms with van der Waals surface area (Å²) in [6.07, 6.45) is 6.43. The highest BCUT2D eigenvalue weighted by Crippen LogP contribution is 2.43. The lowest BCUT2D eigenvalue weighted by molar-refractivity contribution is 0.414. The number of fused-ring (bicyclic) bond motifs is 1. The first-order valence-electron chi connectivity index (χ1n) is 10.0. The number of methoxy groups -OCH3 is 2. The van der Waals surface area contributed by atoms with Crippen LogP contribution in [-0.4, -0.2) is 19.2 Å². The fraction of sp³-hybridized carbons (Fsp3) is 0.320. The van der Waals surface area contributed by atoms with Crippen molar-refractivity contribution < 1.29 is 9.47 Å². The Labute approximate surface area is 167 Å². The zero-order valence-corrected chi connectivity index (χ0v) is 16.9. The third-order valence-corrected chi connectivity index (χ3v) is 5.75. The van der Waals surface area contributed by atoms with E-state index in [1.165, 1.54) is 33.5 Å². The first kappa shape index (κ1) is 18.5. The molecule has 2 aromatic carbocycles. The predicted molar refractivity (Wildman–Crippen MR) is 113 cm³/mol. The molecule has 0 bridgehead atoms. The minimum Gasteiger partial charge on any atom is -0.497 e. The third-order valence-electron chi connectivity index (χ3n) is 5.75. The summed E-state index contributed by atoms with van der Waals surface area (Å²) in [7, 11) is 3.41. The lowest BCUT2D eigenvalue weighted by Crippen LogP contribution is -2.05. The maximum Gasteiger partial charge on any atom is 0.118 e. The predicted octanol–water partition coefficient (Wildman–Crippen LogP) is 5.80. The Morgan fingerprint density at radius 2 is 1.57 bits per heavy atom. The van der Waals surface area contributed by atoms with Gasteiger partial charge in [-0.3, -0.25) is 4.98 Å². The molecule has 4 rings (SSSR count). The van der Waals surface area contributed by atoms with Gasteiger partial charge in [0.25, 0.3) is 0 Å². The number of nitrogens with zero attached hydrogens (tertiary/aromatic N) is 1. The average molecular weight is 373 g/mol. The van der Waals surface area contributed by atoms with Crippen LogP contribution in [0.1, 0.15) is 48.1 Å². The number of hydrogen-bond donors (Lipinski definition) is 0. The van der Waals surface area contributed by atoms with Gasteiger partial charge in [0.05, 0.1) is 14.2 Å². The van der Waals surface area contributed by atoms with Crippen molar-refractivity contribution in [1.82, 2.24) is 4.98 Å². The largest absolute Gasteiger partial charge is 0.497 e. The Morgan fingerprint density at radius 3 is 2.18 bits per heavy atom. The first-order chi connectivity index (χ1) is 13.7. The lowest BCUT2D eigenvalue weighted by Gasteiger charge is -2.20. The molecule has 0 saturated heterocycles. The zero-order valence-electron chi connectivity index (χ0n) is 16.9. The van der Waals surface area contributed by atoms with Gasteiger partial charge >= 0.3 is 0 Å². The van der Waals surface area contributed by atoms with Crippen LogP contribution in [-0.2, 0) is 12.8 Å². The Balaban J connectivity index is 1.80. The molecule has 0 aliphatic heterocycles. The number of aryl methyl sites for hydroxylation is 1. The van der Waals surface area contributed by atoms with Crippen molar-refractivity contribution in [2.75, 3.05) is 14.2 Å². The van der Waals surface area contributed by atoms with E-state index in [1.54, 1.807) is 14.2 Å². The second-order valence-corrected chi connectivity index (χ2v) is 7.35. The topological polar surface area (TPSA) is 31.4 Å². The van der Waals surface area contributed by atoms with Gasteiger partial charge in [-0.25, -0.2) is 0 Å². The molecule has 1 aromatic heterocycles. The average Bonchev–Trinajstić information content (AvgIpc) is 3.19. The van der Waals surface area contributed by atoms with E-state index >= 15 is 0 Å². The van der Waals surface area contributed by atoms with E-state index < -0.39 is 0 Å². The molecule has 0 N–H and O–H groups in total. The van der Waals surface area contributed by atoms with E-state index in [0.717, 1.165) is 37.2 Å². The van der Waals surface area contributed by atoms with Crippen LogP contribution in [0, 0.1) is 0 Å². The minimum atomic E-state index is 0.410. The summed E-state index contributed by atoms with van der Waals surface area (Å²) in [5.41, 5.74) is 7.98. The van der Waals surface area contributed by atoms with Gasteiger partial charge in [0.1, 0.15) is 11.5 Å². The maximum atomic E-state index is 5.34. The van der Waals surface area contributed by atoms with Crippen molar-refractivity contribution in [3.8, 4) is 22.6 Å². The molecule has 0 radical (unpaired) electrons. The molecule has 1 atom stereocenters. The SMILES string of the molecule is CCCc1c(-c2ccc(OC)cc2)cnc2c1C(c1ccc(OC)cc1)CC2. The molecule has 1 heterocycles. The molecule has 28 heavy (non-hydrogen) atoms. The standard InChI is InChI=1S/C25H27NO2/c1-4-5-22-23(18-8-12-20(28-3)13-9-18)16-26-24-15-14-21(25(22)24)17-6-10-19(27-2)11-7-17/h6-13,16,21H,4-5,14-15H2,1-3H3. The Kier molecular flexibility index (Phi) is 5.34. The van der Waals surface area contributed by atoms with Crippen LogP contribution in [0.25, 0.3) is 11.1 Å². The van der Waals surface area contributed by atoms with E-state index in [4.69, 9.17) is 14.5 Å². The zero-order chi connectivity index (χ0) is 19.5. The number of benzene rings is 2. The maximum absolute atomic E-state index is 5.34. The van der Waals surface area contributed by atoms with E-state index in [2.05, 4.69) is 49.5 Å². The molecule has 0 spiro atoms. The van der Waals surface area contributed by atoms with Gasteiger partial charge in [0.2, 0.25) is 0 Å². The number of aromatic nitrogens is 1. The Hall–Kier alpha value is -2.81. The van der Waals surface area contributed by atoms with Crippen molar-refractivity contribution in [3.63, 3.8) is 0 Å². The molecule has 0 fully saturated rings. The summed E-state index contributed by atoms with van der Waals surface area (Å²) in [4.78, 5) is 4.87. The first-order valence-corrected chi connectivity index (χ1v) is 10.0. The van der Waals surface area contributed by atoms with Crippen molar-refractivity contribution in [3.05, 3.63) is 77.1 Å². The van der Waals surface area contributed by atoms with Gasteiger partial charge in [-0.15, -0.1) is 0 Å². The van der Waals surface area contributed by atoms with Crippen molar-refractivity contribution in [2.45, 2.75) is 38.5 Å². The molecule has 1 aliphatic rings. The van der Waals surface area contributed by atoms with Gasteiger partial charge in [0.15, 0.2) is 0 Å². The number of ether oxygens (including phenoxy) is 2. The molecule has 3 heteroatoms. The molecule has 144 valence electrons. The summed E-state index contributed by atoms with van der Waals surface area (Å²) in [6, 6.07) is 16.9. The minimum absolute atomic E-state index is 0.410. The van der Waals surface area contributed by atoms with Crippen molar-refractivity contribution in [1.29, 1.82) is 0 Å². The van der Waals surface area contributed by atoms with E-state index in [0.29, 0.717) is 5.92 Å². The summed E-state index contributed by atoms with van der Waals surface area (Å²) >= 11 is 0. The van der Waals surface area contributed by atoms with Crippen LogP contribution >= 0.6 is 0 Å². The van der Waals surface area contributed by atoms with E-state index in [-0.39, 0.29) is 0 Å². The second-order valence-electron chi connectivity index (χ2n) is 7.35. The van der Waals surface area contributed by atoms with Crippen molar-refractivity contribution >= 4 is 0 Å². The van der Waals surface area contributed by atoms with Crippen LogP contribution in [0.3, 0.4) is 0 Å². The van der Waals surface area contributed by atoms with Crippen LogP contribution < -0.4 is 9.47 Å². The van der Waals surface area contributed by atoms with E-state index in [9.17, 15) is 0 Å². The summed E-state index contributed by atoms with van der Waals surface area (Å²) < 4.78 is 10.7. The fourth-order valence-electron chi connectivity index (χ4n) is 4.35. The van der Waals surface area contributed by atoms with E-state index in [1.807, 2.05) is 12.1 Å². The van der Waals surface area contributed by atoms with Gasteiger partial charge in [0, 0.05) is 23.4 Å². The molecular weight excluding hydrogens is 346 g/mol. The second kappa shape index (κ2) is 8.05. The Bertz CT molecular complexity index is 946. The highest BCUT2D eigenvalue weighted by atomic mass is 16.5. The van der Waals surface area contributed by atoms with Crippen LogP contribution in [0.15, 0.2) is 54.7 Å². The quantitative estimate of drug-likeness (QED) is 0.547. The van der Waals surface area contributed by atoms with Crippen LogP contribution in [0.5, 0.6) is 11.5 Å². The highest BCUT2D eigenvalue weighted by molar-refractivity contribution is 5.70. The normalized spacial score (nSPS) is 15.3. The number of rotatable bonds is 6. The van der Waals surface area contributed by atoms with Crippen LogP contribution in [0.4, 0.5) is 0 Å². The third kappa shape index (κ3) is 3.37. The van der Waals surface area contributed by atoms with Gasteiger partial charge in [-0.05, 0) is 65.8 Å². The monoisotopic (exact) mass is 373 g/mol. The molecule has 3 nitrogen and oxygen atoms in total.